The first kappa shape index (κ1) is 17.2. The number of aromatic nitrogens is 2. The number of hydrogen-bond acceptors (Lipinski definition) is 5. The Balaban J connectivity index is 1.85. The van der Waals surface area contributed by atoms with E-state index in [9.17, 15) is 14.4 Å². The Morgan fingerprint density at radius 3 is 1.62 bits per heavy atom. The van der Waals surface area contributed by atoms with Gasteiger partial charge in [0.15, 0.2) is 0 Å². The molecule has 2 saturated heterocycles. The van der Waals surface area contributed by atoms with Crippen LogP contribution in [0.15, 0.2) is 29.1 Å². The summed E-state index contributed by atoms with van der Waals surface area (Å²) >= 11 is 0. The molecule has 4 rings (SSSR count). The molecule has 1 aromatic carbocycles. The number of carbonyl (C=O) groups excluding carboxylic acids is 2. The largest absolute Gasteiger partial charge is 0.342 e. The van der Waals surface area contributed by atoms with E-state index in [-0.39, 0.29) is 23.9 Å². The highest BCUT2D eigenvalue weighted by atomic mass is 16.2. The topological polar surface area (TPSA) is 67.5 Å². The van der Waals surface area contributed by atoms with Gasteiger partial charge < -0.3 is 0 Å². The minimum absolute atomic E-state index is 0.238. The smallest absolute Gasteiger partial charge is 0.295 e. The summed E-state index contributed by atoms with van der Waals surface area (Å²) in [5.41, 5.74) is 0.482. The lowest BCUT2D eigenvalue weighted by atomic mass is 10.2. The van der Waals surface area contributed by atoms with E-state index >= 15 is 0 Å². The number of hydrogen-bond donors (Lipinski definition) is 0. The SMILES string of the molecule is CN1CCCC1C(=O)n1c(=O)n(C(=O)C2CCCN2C)c2ccccc21. The fourth-order valence-corrected chi connectivity index (χ4v) is 4.32. The fraction of sp³-hybridized carbons (Fsp3) is 0.526. The van der Waals surface area contributed by atoms with Gasteiger partial charge in [0.1, 0.15) is 0 Å². The maximum atomic E-state index is 13.1. The zero-order valence-corrected chi connectivity index (χ0v) is 15.2. The Bertz CT molecular complexity index is 856. The van der Waals surface area contributed by atoms with E-state index in [0.717, 1.165) is 38.8 Å². The lowest BCUT2D eigenvalue weighted by Gasteiger charge is -2.18. The van der Waals surface area contributed by atoms with Crippen LogP contribution in [-0.2, 0) is 0 Å². The van der Waals surface area contributed by atoms with Crippen LogP contribution in [0.5, 0.6) is 0 Å². The van der Waals surface area contributed by atoms with Crippen molar-refractivity contribution in [2.75, 3.05) is 27.2 Å². The molecule has 0 spiro atoms. The van der Waals surface area contributed by atoms with E-state index in [4.69, 9.17) is 0 Å². The third kappa shape index (κ3) is 2.54. The summed E-state index contributed by atoms with van der Waals surface area (Å²) in [6, 6.07) is 6.45. The van der Waals surface area contributed by atoms with Crippen LogP contribution in [0.1, 0.15) is 35.3 Å². The molecule has 0 aliphatic carbocycles. The molecule has 138 valence electrons. The summed E-state index contributed by atoms with van der Waals surface area (Å²) in [4.78, 5) is 43.3. The number of fused-ring (bicyclic) bond motifs is 1. The van der Waals surface area contributed by atoms with E-state index in [2.05, 4.69) is 0 Å². The van der Waals surface area contributed by atoms with Gasteiger partial charge in [-0.3, -0.25) is 19.4 Å². The fourth-order valence-electron chi connectivity index (χ4n) is 4.32. The highest BCUT2D eigenvalue weighted by molar-refractivity contribution is 5.99. The lowest BCUT2D eigenvalue weighted by Crippen LogP contribution is -2.44. The van der Waals surface area contributed by atoms with Crippen molar-refractivity contribution in [1.29, 1.82) is 0 Å². The van der Waals surface area contributed by atoms with Crippen LogP contribution in [0.2, 0.25) is 0 Å². The minimum atomic E-state index is -0.540. The predicted octanol–water partition coefficient (Wildman–Crippen LogP) is 1.27. The zero-order valence-electron chi connectivity index (χ0n) is 15.2. The number of likely N-dealkylation sites (tertiary alicyclic amines) is 2. The second-order valence-electron chi connectivity index (χ2n) is 7.40. The molecule has 2 fully saturated rings. The molecule has 2 aromatic rings. The van der Waals surface area contributed by atoms with Crippen LogP contribution in [0.4, 0.5) is 0 Å². The molecule has 26 heavy (non-hydrogen) atoms. The maximum Gasteiger partial charge on any atom is 0.342 e. The molecule has 2 unspecified atom stereocenters. The predicted molar refractivity (Wildman–Crippen MR) is 98.8 cm³/mol. The van der Waals surface area contributed by atoms with Gasteiger partial charge in [-0.2, -0.15) is 0 Å². The molecule has 7 heteroatoms. The average molecular weight is 356 g/mol. The van der Waals surface area contributed by atoms with E-state index in [1.54, 1.807) is 24.3 Å². The quantitative estimate of drug-likeness (QED) is 0.811. The van der Waals surface area contributed by atoms with Crippen molar-refractivity contribution in [3.8, 4) is 0 Å². The van der Waals surface area contributed by atoms with E-state index in [0.29, 0.717) is 11.0 Å². The van der Waals surface area contributed by atoms with Gasteiger partial charge >= 0.3 is 5.69 Å². The minimum Gasteiger partial charge on any atom is -0.295 e. The molecule has 0 saturated carbocycles. The first-order chi connectivity index (χ1) is 12.5. The Hall–Kier alpha value is -2.25. The first-order valence-corrected chi connectivity index (χ1v) is 9.22. The average Bonchev–Trinajstić information content (AvgIpc) is 3.31. The van der Waals surface area contributed by atoms with E-state index < -0.39 is 5.69 Å². The summed E-state index contributed by atoms with van der Waals surface area (Å²) in [6.45, 7) is 1.69. The summed E-state index contributed by atoms with van der Waals surface area (Å²) in [5.74, 6) is -0.477. The molecule has 2 aliphatic rings. The monoisotopic (exact) mass is 356 g/mol. The summed E-state index contributed by atoms with van der Waals surface area (Å²) < 4.78 is 2.41. The number of para-hydroxylation sites is 2. The molecule has 2 atom stereocenters. The van der Waals surface area contributed by atoms with Crippen molar-refractivity contribution in [3.63, 3.8) is 0 Å². The molecular weight excluding hydrogens is 332 g/mol. The van der Waals surface area contributed by atoms with Crippen molar-refractivity contribution < 1.29 is 9.59 Å². The Kier molecular flexibility index (Phi) is 4.28. The van der Waals surface area contributed by atoms with Gasteiger partial charge in [-0.1, -0.05) is 12.1 Å². The summed E-state index contributed by atoms with van der Waals surface area (Å²) in [6.07, 6.45) is 3.35. The van der Waals surface area contributed by atoms with Gasteiger partial charge in [0.2, 0.25) is 0 Å². The molecule has 0 amide bonds. The molecule has 3 heterocycles. The van der Waals surface area contributed by atoms with Gasteiger partial charge in [-0.05, 0) is 65.0 Å². The van der Waals surface area contributed by atoms with Crippen LogP contribution in [0, 0.1) is 0 Å². The zero-order chi connectivity index (χ0) is 18.4. The molecule has 7 nitrogen and oxygen atoms in total. The lowest BCUT2D eigenvalue weighted by molar-refractivity contribution is 0.0788. The highest BCUT2D eigenvalue weighted by Crippen LogP contribution is 2.22. The number of nitrogens with zero attached hydrogens (tertiary/aromatic N) is 4. The number of rotatable bonds is 2. The summed E-state index contributed by atoms with van der Waals surface area (Å²) in [5, 5.41) is 0. The maximum absolute atomic E-state index is 13.1. The number of carbonyl (C=O) groups is 2. The van der Waals surface area contributed by atoms with Crippen LogP contribution in [-0.4, -0.2) is 70.0 Å². The van der Waals surface area contributed by atoms with Gasteiger partial charge in [0, 0.05) is 0 Å². The normalized spacial score (nSPS) is 24.5. The van der Waals surface area contributed by atoms with Gasteiger partial charge in [0.25, 0.3) is 11.8 Å². The molecule has 2 aliphatic heterocycles. The standard InChI is InChI=1S/C19H24N4O3/c1-20-11-5-9-15(20)17(24)22-13-7-3-4-8-14(13)23(19(22)26)18(25)16-10-6-12-21(16)2/h3-4,7-8,15-16H,5-6,9-12H2,1-2H3. The Morgan fingerprint density at radius 1 is 0.846 bits per heavy atom. The van der Waals surface area contributed by atoms with Crippen molar-refractivity contribution in [2.24, 2.45) is 0 Å². The summed E-state index contributed by atoms with van der Waals surface area (Å²) in [7, 11) is 3.80. The van der Waals surface area contributed by atoms with Gasteiger partial charge in [-0.15, -0.1) is 0 Å². The molecular formula is C19H24N4O3. The van der Waals surface area contributed by atoms with Crippen LogP contribution in [0.3, 0.4) is 0 Å². The van der Waals surface area contributed by atoms with Gasteiger partial charge in [-0.25, -0.2) is 13.9 Å². The van der Waals surface area contributed by atoms with Crippen molar-refractivity contribution in [2.45, 2.75) is 37.8 Å². The first-order valence-electron chi connectivity index (χ1n) is 9.22. The van der Waals surface area contributed by atoms with E-state index in [1.807, 2.05) is 23.9 Å². The number of likely N-dealkylation sites (N-methyl/N-ethyl adjacent to an activating group) is 2. The van der Waals surface area contributed by atoms with E-state index in [1.165, 1.54) is 9.13 Å². The Labute approximate surface area is 151 Å². The number of imidazole rings is 1. The highest BCUT2D eigenvalue weighted by Gasteiger charge is 2.35. The van der Waals surface area contributed by atoms with Crippen molar-refractivity contribution >= 4 is 22.8 Å². The number of benzene rings is 1. The molecule has 1 aromatic heterocycles. The van der Waals surface area contributed by atoms with Crippen LogP contribution in [0.25, 0.3) is 11.0 Å². The molecule has 0 N–H and O–H groups in total. The van der Waals surface area contributed by atoms with Crippen LogP contribution < -0.4 is 5.69 Å². The Morgan fingerprint density at radius 2 is 1.27 bits per heavy atom. The molecule has 0 radical (unpaired) electrons. The second kappa shape index (κ2) is 6.48. The third-order valence-corrected chi connectivity index (χ3v) is 5.80. The molecule has 0 bridgehead atoms. The van der Waals surface area contributed by atoms with Crippen LogP contribution >= 0.6 is 0 Å². The van der Waals surface area contributed by atoms with Crippen molar-refractivity contribution in [3.05, 3.63) is 34.7 Å². The third-order valence-electron chi connectivity index (χ3n) is 5.80. The van der Waals surface area contributed by atoms with Gasteiger partial charge in [0.05, 0.1) is 23.1 Å². The van der Waals surface area contributed by atoms with Crippen molar-refractivity contribution in [1.82, 2.24) is 18.9 Å². The second-order valence-corrected chi connectivity index (χ2v) is 7.40.